The first-order valence-corrected chi connectivity index (χ1v) is 12.0. The Balaban J connectivity index is 1.13. The van der Waals surface area contributed by atoms with E-state index >= 15 is 0 Å². The maximum Gasteiger partial charge on any atom is 0.338 e. The summed E-state index contributed by atoms with van der Waals surface area (Å²) in [5, 5.41) is 4.65. The molecule has 0 spiro atoms. The van der Waals surface area contributed by atoms with Crippen LogP contribution in [0.25, 0.3) is 10.8 Å². The molecule has 1 saturated heterocycles. The standard InChI is InChI=1S/C29H24N2O5/c1-16-12-19-14-22(16)26-25(19)27(33)31(28(26)34)20-9-4-8-18(13-20)29(35)36-15-24(32)30-23-11-5-7-17-6-2-3-10-21(17)23/h2-13,19,22,25-26H,14-15H2,1H3,(H,30,32)/t19-,22+,25-,26-/m0/s1. The van der Waals surface area contributed by atoms with Gasteiger partial charge >= 0.3 is 5.97 Å². The molecule has 6 rings (SSSR count). The van der Waals surface area contributed by atoms with E-state index in [2.05, 4.69) is 11.4 Å². The SMILES string of the molecule is CC1=C[C@H]2C[C@H]1[C@@H]1C(=O)N(c3cccc(C(=O)OCC(=O)Nc4cccc5ccccc45)c3)C(=O)[C@H]12. The molecule has 3 aromatic rings. The number of nitrogens with zero attached hydrogens (tertiary/aromatic N) is 1. The molecule has 1 N–H and O–H groups in total. The van der Waals surface area contributed by atoms with Crippen LogP contribution in [-0.4, -0.2) is 30.3 Å². The zero-order valence-electron chi connectivity index (χ0n) is 19.6. The lowest BCUT2D eigenvalue weighted by molar-refractivity contribution is -0.123. The third-order valence-corrected chi connectivity index (χ3v) is 7.62. The monoisotopic (exact) mass is 480 g/mol. The Labute approximate surface area is 207 Å². The van der Waals surface area contributed by atoms with Gasteiger partial charge in [-0.05, 0) is 54.8 Å². The molecule has 2 bridgehead atoms. The van der Waals surface area contributed by atoms with Crippen LogP contribution in [0.1, 0.15) is 23.7 Å². The summed E-state index contributed by atoms with van der Waals surface area (Å²) in [6.07, 6.45) is 2.98. The summed E-state index contributed by atoms with van der Waals surface area (Å²) >= 11 is 0. The number of allylic oxidation sites excluding steroid dienone is 2. The molecule has 2 fully saturated rings. The lowest BCUT2D eigenvalue weighted by Crippen LogP contribution is -2.33. The van der Waals surface area contributed by atoms with E-state index in [1.807, 2.05) is 43.3 Å². The number of anilines is 2. The van der Waals surface area contributed by atoms with E-state index in [0.717, 1.165) is 17.2 Å². The number of hydrogen-bond acceptors (Lipinski definition) is 5. The second-order valence-corrected chi connectivity index (χ2v) is 9.68. The molecule has 36 heavy (non-hydrogen) atoms. The van der Waals surface area contributed by atoms with Crippen LogP contribution in [0.5, 0.6) is 0 Å². The Bertz CT molecular complexity index is 1470. The number of carbonyl (C=O) groups excluding carboxylic acids is 4. The minimum atomic E-state index is -0.707. The summed E-state index contributed by atoms with van der Waals surface area (Å²) in [5.74, 6) is -2.00. The highest BCUT2D eigenvalue weighted by atomic mass is 16.5. The highest BCUT2D eigenvalue weighted by molar-refractivity contribution is 6.23. The first-order chi connectivity index (χ1) is 17.4. The van der Waals surface area contributed by atoms with Crippen molar-refractivity contribution in [1.82, 2.24) is 0 Å². The number of hydrogen-bond donors (Lipinski definition) is 1. The summed E-state index contributed by atoms with van der Waals surface area (Å²) in [6.45, 7) is 1.56. The first-order valence-electron chi connectivity index (χ1n) is 12.0. The molecule has 3 aromatic carbocycles. The van der Waals surface area contributed by atoms with E-state index < -0.39 is 18.5 Å². The summed E-state index contributed by atoms with van der Waals surface area (Å²) in [7, 11) is 0. The van der Waals surface area contributed by atoms with Crippen molar-refractivity contribution in [3.8, 4) is 0 Å². The molecule has 7 nitrogen and oxygen atoms in total. The van der Waals surface area contributed by atoms with Gasteiger partial charge in [-0.25, -0.2) is 9.69 Å². The number of carbonyl (C=O) groups is 4. The lowest BCUT2D eigenvalue weighted by Gasteiger charge is -2.19. The summed E-state index contributed by atoms with van der Waals surface area (Å²) in [6, 6.07) is 19.5. The molecule has 3 amide bonds. The normalized spacial score (nSPS) is 24.1. The Morgan fingerprint density at radius 2 is 1.72 bits per heavy atom. The van der Waals surface area contributed by atoms with Crippen LogP contribution < -0.4 is 10.2 Å². The smallest absolute Gasteiger partial charge is 0.338 e. The number of esters is 1. The number of rotatable bonds is 5. The van der Waals surface area contributed by atoms with Crippen molar-refractivity contribution in [2.75, 3.05) is 16.8 Å². The number of nitrogens with one attached hydrogen (secondary N) is 1. The van der Waals surface area contributed by atoms with Crippen LogP contribution in [-0.2, 0) is 19.1 Å². The average molecular weight is 481 g/mol. The second kappa shape index (κ2) is 8.45. The third kappa shape index (κ3) is 3.50. The van der Waals surface area contributed by atoms with Gasteiger partial charge in [0.2, 0.25) is 11.8 Å². The number of ether oxygens (including phenoxy) is 1. The van der Waals surface area contributed by atoms with E-state index in [-0.39, 0.29) is 41.0 Å². The van der Waals surface area contributed by atoms with Gasteiger partial charge in [-0.2, -0.15) is 0 Å². The molecule has 0 aromatic heterocycles. The van der Waals surface area contributed by atoms with Crippen LogP contribution in [0.2, 0.25) is 0 Å². The fraction of sp³-hybridized carbons (Fsp3) is 0.241. The number of amides is 3. The predicted octanol–water partition coefficient (Wildman–Crippen LogP) is 4.34. The first kappa shape index (κ1) is 22.2. The van der Waals surface area contributed by atoms with Crippen molar-refractivity contribution in [3.63, 3.8) is 0 Å². The van der Waals surface area contributed by atoms with Crippen LogP contribution in [0.15, 0.2) is 78.4 Å². The van der Waals surface area contributed by atoms with E-state index in [1.54, 1.807) is 18.2 Å². The fourth-order valence-corrected chi connectivity index (χ4v) is 6.04. The quantitative estimate of drug-likeness (QED) is 0.333. The zero-order chi connectivity index (χ0) is 25.0. The molecule has 3 aliphatic rings. The second-order valence-electron chi connectivity index (χ2n) is 9.68. The van der Waals surface area contributed by atoms with Crippen molar-refractivity contribution in [1.29, 1.82) is 0 Å². The summed E-state index contributed by atoms with van der Waals surface area (Å²) in [4.78, 5) is 52.7. The van der Waals surface area contributed by atoms with Gasteiger partial charge in [0, 0.05) is 11.1 Å². The van der Waals surface area contributed by atoms with Crippen molar-refractivity contribution >= 4 is 45.8 Å². The molecule has 0 unspecified atom stereocenters. The lowest BCUT2D eigenvalue weighted by atomic mass is 9.82. The molecular weight excluding hydrogens is 456 g/mol. The zero-order valence-corrected chi connectivity index (χ0v) is 19.6. The van der Waals surface area contributed by atoms with Gasteiger partial charge in [0.1, 0.15) is 0 Å². The topological polar surface area (TPSA) is 92.8 Å². The Morgan fingerprint density at radius 1 is 0.972 bits per heavy atom. The van der Waals surface area contributed by atoms with Crippen molar-refractivity contribution in [3.05, 3.63) is 83.9 Å². The molecule has 1 saturated carbocycles. The third-order valence-electron chi connectivity index (χ3n) is 7.62. The fourth-order valence-electron chi connectivity index (χ4n) is 6.04. The molecule has 0 radical (unpaired) electrons. The molecular formula is C29H24N2O5. The molecule has 7 heteroatoms. The van der Waals surface area contributed by atoms with E-state index in [1.165, 1.54) is 22.6 Å². The largest absolute Gasteiger partial charge is 0.452 e. The highest BCUT2D eigenvalue weighted by Gasteiger charge is 2.60. The van der Waals surface area contributed by atoms with Gasteiger partial charge in [0.25, 0.3) is 5.91 Å². The Hall–Kier alpha value is -4.26. The van der Waals surface area contributed by atoms with Gasteiger partial charge in [-0.3, -0.25) is 14.4 Å². The van der Waals surface area contributed by atoms with Gasteiger partial charge < -0.3 is 10.1 Å². The number of fused-ring (bicyclic) bond motifs is 6. The van der Waals surface area contributed by atoms with Gasteiger partial charge in [0.15, 0.2) is 6.61 Å². The van der Waals surface area contributed by atoms with E-state index in [9.17, 15) is 19.2 Å². The van der Waals surface area contributed by atoms with E-state index in [4.69, 9.17) is 4.74 Å². The Morgan fingerprint density at radius 3 is 2.58 bits per heavy atom. The minimum absolute atomic E-state index is 0.106. The van der Waals surface area contributed by atoms with E-state index in [0.29, 0.717) is 11.4 Å². The van der Waals surface area contributed by atoms with Crippen molar-refractivity contribution in [2.24, 2.45) is 23.7 Å². The maximum atomic E-state index is 13.2. The summed E-state index contributed by atoms with van der Waals surface area (Å²) < 4.78 is 5.23. The summed E-state index contributed by atoms with van der Waals surface area (Å²) in [5.41, 5.74) is 2.33. The molecule has 1 aliphatic heterocycles. The van der Waals surface area contributed by atoms with Crippen LogP contribution in [0.3, 0.4) is 0 Å². The molecule has 4 atom stereocenters. The maximum absolute atomic E-state index is 13.2. The molecule has 180 valence electrons. The van der Waals surface area contributed by atoms with Crippen molar-refractivity contribution < 1.29 is 23.9 Å². The molecule has 1 heterocycles. The van der Waals surface area contributed by atoms with Gasteiger partial charge in [-0.15, -0.1) is 0 Å². The van der Waals surface area contributed by atoms with Crippen LogP contribution >= 0.6 is 0 Å². The van der Waals surface area contributed by atoms with Crippen LogP contribution in [0.4, 0.5) is 11.4 Å². The minimum Gasteiger partial charge on any atom is -0.452 e. The highest BCUT2D eigenvalue weighted by Crippen LogP contribution is 2.55. The van der Waals surface area contributed by atoms with Crippen LogP contribution in [0, 0.1) is 23.7 Å². The van der Waals surface area contributed by atoms with Crippen molar-refractivity contribution in [2.45, 2.75) is 13.3 Å². The van der Waals surface area contributed by atoms with Gasteiger partial charge in [-0.1, -0.05) is 54.1 Å². The molecule has 2 aliphatic carbocycles. The van der Waals surface area contributed by atoms with Gasteiger partial charge in [0.05, 0.1) is 23.1 Å². The predicted molar refractivity (Wildman–Crippen MR) is 134 cm³/mol. The number of benzene rings is 3. The average Bonchev–Trinajstić information content (AvgIpc) is 3.52. The Kier molecular flexibility index (Phi) is 5.21. The number of imide groups is 1.